The van der Waals surface area contributed by atoms with E-state index in [-0.39, 0.29) is 23.0 Å². The van der Waals surface area contributed by atoms with Crippen molar-refractivity contribution < 1.29 is 23.5 Å². The van der Waals surface area contributed by atoms with Gasteiger partial charge in [-0.25, -0.2) is 4.39 Å². The first-order valence-electron chi connectivity index (χ1n) is 7.91. The molecule has 1 fully saturated rings. The minimum Gasteiger partial charge on any atom is -0.493 e. The predicted octanol–water partition coefficient (Wildman–Crippen LogP) is 3.69. The van der Waals surface area contributed by atoms with Gasteiger partial charge in [-0.05, 0) is 31.0 Å². The minimum atomic E-state index is -0.629. The first-order valence-corrected chi connectivity index (χ1v) is 7.91. The highest BCUT2D eigenvalue weighted by atomic mass is 19.1. The van der Waals surface area contributed by atoms with Crippen LogP contribution in [0, 0.1) is 11.7 Å². The van der Waals surface area contributed by atoms with Gasteiger partial charge in [0, 0.05) is 17.5 Å². The normalized spacial score (nSPS) is 13.2. The molecule has 0 heterocycles. The van der Waals surface area contributed by atoms with Crippen molar-refractivity contribution in [2.75, 3.05) is 19.5 Å². The average molecular weight is 343 g/mol. The van der Waals surface area contributed by atoms with E-state index in [0.717, 1.165) is 12.8 Å². The van der Waals surface area contributed by atoms with Crippen LogP contribution in [0.15, 0.2) is 36.4 Å². The lowest BCUT2D eigenvalue weighted by Gasteiger charge is -2.15. The van der Waals surface area contributed by atoms with Crippen molar-refractivity contribution in [1.29, 1.82) is 0 Å². The Morgan fingerprint density at radius 2 is 1.68 bits per heavy atom. The number of carbonyl (C=O) groups excluding carboxylic acids is 2. The second-order valence-electron chi connectivity index (χ2n) is 5.83. The van der Waals surface area contributed by atoms with Gasteiger partial charge in [-0.2, -0.15) is 0 Å². The predicted molar refractivity (Wildman–Crippen MR) is 91.0 cm³/mol. The van der Waals surface area contributed by atoms with Gasteiger partial charge in [0.2, 0.25) is 0 Å². The van der Waals surface area contributed by atoms with Crippen LogP contribution >= 0.6 is 0 Å². The number of benzene rings is 2. The lowest BCUT2D eigenvalue weighted by molar-refractivity contribution is 0.0968. The van der Waals surface area contributed by atoms with Gasteiger partial charge in [0.25, 0.3) is 5.91 Å². The molecule has 1 saturated carbocycles. The second kappa shape index (κ2) is 6.93. The maximum Gasteiger partial charge on any atom is 0.258 e. The Morgan fingerprint density at radius 1 is 1.04 bits per heavy atom. The molecule has 0 radical (unpaired) electrons. The van der Waals surface area contributed by atoms with Gasteiger partial charge < -0.3 is 14.8 Å². The number of amides is 1. The number of hydrogen-bond donors (Lipinski definition) is 1. The van der Waals surface area contributed by atoms with Gasteiger partial charge in [0.1, 0.15) is 5.82 Å². The second-order valence-corrected chi connectivity index (χ2v) is 5.83. The Morgan fingerprint density at radius 3 is 2.28 bits per heavy atom. The van der Waals surface area contributed by atoms with Crippen LogP contribution in [0.2, 0.25) is 0 Å². The molecule has 2 aromatic carbocycles. The molecule has 25 heavy (non-hydrogen) atoms. The molecule has 0 spiro atoms. The standard InChI is InChI=1S/C19H18FNO4/c1-24-16-9-13(18(22)11-7-8-11)15(10-17(16)25-2)21-19(23)12-5-3-4-6-14(12)20/h3-6,9-11H,7-8H2,1-2H3,(H,21,23). The Bertz CT molecular complexity index is 830. The fourth-order valence-corrected chi connectivity index (χ4v) is 2.59. The number of rotatable bonds is 6. The SMILES string of the molecule is COc1cc(NC(=O)c2ccccc2F)c(C(=O)C2CC2)cc1OC. The van der Waals surface area contributed by atoms with Crippen molar-refractivity contribution >= 4 is 17.4 Å². The molecule has 5 nitrogen and oxygen atoms in total. The lowest BCUT2D eigenvalue weighted by atomic mass is 10.0. The first kappa shape index (κ1) is 17.0. The third-order valence-corrected chi connectivity index (χ3v) is 4.10. The van der Waals surface area contributed by atoms with Crippen LogP contribution in [0.1, 0.15) is 33.6 Å². The number of ketones is 1. The summed E-state index contributed by atoms with van der Waals surface area (Å²) in [5.74, 6) is -0.591. The van der Waals surface area contributed by atoms with Crippen LogP contribution in [0.25, 0.3) is 0 Å². The van der Waals surface area contributed by atoms with Gasteiger partial charge >= 0.3 is 0 Å². The zero-order valence-corrected chi connectivity index (χ0v) is 14.0. The summed E-state index contributed by atoms with van der Waals surface area (Å²) in [5.41, 5.74) is 0.523. The summed E-state index contributed by atoms with van der Waals surface area (Å²) in [4.78, 5) is 25.0. The summed E-state index contributed by atoms with van der Waals surface area (Å²) in [6.45, 7) is 0. The summed E-state index contributed by atoms with van der Waals surface area (Å²) in [7, 11) is 2.93. The van der Waals surface area contributed by atoms with Crippen LogP contribution in [0.3, 0.4) is 0 Å². The van der Waals surface area contributed by atoms with E-state index in [1.807, 2.05) is 0 Å². The summed E-state index contributed by atoms with van der Waals surface area (Å²) in [6.07, 6.45) is 1.65. The smallest absolute Gasteiger partial charge is 0.258 e. The summed E-state index contributed by atoms with van der Waals surface area (Å²) in [5, 5.41) is 2.62. The fraction of sp³-hybridized carbons (Fsp3) is 0.263. The van der Waals surface area contributed by atoms with Crippen LogP contribution in [0.5, 0.6) is 11.5 Å². The molecule has 1 aliphatic carbocycles. The maximum absolute atomic E-state index is 13.8. The molecule has 0 saturated heterocycles. The molecule has 1 N–H and O–H groups in total. The highest BCUT2D eigenvalue weighted by Gasteiger charge is 2.33. The number of nitrogens with one attached hydrogen (secondary N) is 1. The Kier molecular flexibility index (Phi) is 4.70. The average Bonchev–Trinajstić information content (AvgIpc) is 3.46. The van der Waals surface area contributed by atoms with Crippen LogP contribution in [-0.4, -0.2) is 25.9 Å². The van der Waals surface area contributed by atoms with Gasteiger partial charge in [-0.3, -0.25) is 9.59 Å². The monoisotopic (exact) mass is 343 g/mol. The van der Waals surface area contributed by atoms with Gasteiger partial charge in [-0.15, -0.1) is 0 Å². The number of Topliss-reactive ketones (excluding diaryl/α,β-unsaturated/α-hetero) is 1. The van der Waals surface area contributed by atoms with E-state index in [4.69, 9.17) is 9.47 Å². The van der Waals surface area contributed by atoms with Gasteiger partial charge in [0.15, 0.2) is 17.3 Å². The molecule has 0 atom stereocenters. The molecular weight excluding hydrogens is 325 g/mol. The summed E-state index contributed by atoms with van der Waals surface area (Å²) < 4.78 is 24.3. The molecule has 130 valence electrons. The molecule has 0 aliphatic heterocycles. The van der Waals surface area contributed by atoms with Crippen molar-refractivity contribution in [3.05, 3.63) is 53.3 Å². The number of halogens is 1. The van der Waals surface area contributed by atoms with E-state index in [2.05, 4.69) is 5.32 Å². The van der Waals surface area contributed by atoms with Crippen LogP contribution in [0.4, 0.5) is 10.1 Å². The van der Waals surface area contributed by atoms with Crippen molar-refractivity contribution in [2.24, 2.45) is 5.92 Å². The van der Waals surface area contributed by atoms with Crippen molar-refractivity contribution in [1.82, 2.24) is 0 Å². The van der Waals surface area contributed by atoms with Crippen LogP contribution in [-0.2, 0) is 0 Å². The van der Waals surface area contributed by atoms with E-state index in [0.29, 0.717) is 17.1 Å². The number of anilines is 1. The van der Waals surface area contributed by atoms with E-state index in [1.54, 1.807) is 12.1 Å². The van der Waals surface area contributed by atoms with E-state index < -0.39 is 11.7 Å². The Balaban J connectivity index is 1.99. The van der Waals surface area contributed by atoms with E-state index in [9.17, 15) is 14.0 Å². The zero-order valence-electron chi connectivity index (χ0n) is 14.0. The van der Waals surface area contributed by atoms with Crippen molar-refractivity contribution in [3.8, 4) is 11.5 Å². The molecule has 2 aromatic rings. The number of methoxy groups -OCH3 is 2. The van der Waals surface area contributed by atoms with Gasteiger partial charge in [-0.1, -0.05) is 12.1 Å². The highest BCUT2D eigenvalue weighted by molar-refractivity contribution is 6.11. The van der Waals surface area contributed by atoms with Crippen LogP contribution < -0.4 is 14.8 Å². The molecule has 1 amide bonds. The van der Waals surface area contributed by atoms with Gasteiger partial charge in [0.05, 0.1) is 25.5 Å². The maximum atomic E-state index is 13.8. The fourth-order valence-electron chi connectivity index (χ4n) is 2.59. The minimum absolute atomic E-state index is 0.0396. The quantitative estimate of drug-likeness (QED) is 0.813. The first-order chi connectivity index (χ1) is 12.0. The topological polar surface area (TPSA) is 64.6 Å². The molecule has 0 bridgehead atoms. The number of carbonyl (C=O) groups is 2. The number of hydrogen-bond acceptors (Lipinski definition) is 4. The lowest BCUT2D eigenvalue weighted by Crippen LogP contribution is -2.17. The number of ether oxygens (including phenoxy) is 2. The molecular formula is C19H18FNO4. The summed E-state index contributed by atoms with van der Waals surface area (Å²) in [6, 6.07) is 8.74. The molecule has 3 rings (SSSR count). The molecule has 0 unspecified atom stereocenters. The molecule has 1 aliphatic rings. The third-order valence-electron chi connectivity index (χ3n) is 4.10. The molecule has 0 aromatic heterocycles. The Hall–Kier alpha value is -2.89. The van der Waals surface area contributed by atoms with E-state index >= 15 is 0 Å². The third kappa shape index (κ3) is 3.47. The van der Waals surface area contributed by atoms with Crippen molar-refractivity contribution in [2.45, 2.75) is 12.8 Å². The summed E-state index contributed by atoms with van der Waals surface area (Å²) >= 11 is 0. The largest absolute Gasteiger partial charge is 0.493 e. The van der Waals surface area contributed by atoms with E-state index in [1.165, 1.54) is 38.5 Å². The Labute approximate surface area is 144 Å². The van der Waals surface area contributed by atoms with Crippen molar-refractivity contribution in [3.63, 3.8) is 0 Å². The highest BCUT2D eigenvalue weighted by Crippen LogP contribution is 2.39. The zero-order chi connectivity index (χ0) is 18.0. The molecule has 6 heteroatoms.